The van der Waals surface area contributed by atoms with Crippen LogP contribution in [0.3, 0.4) is 0 Å². The lowest BCUT2D eigenvalue weighted by Gasteiger charge is -2.34. The quantitative estimate of drug-likeness (QED) is 0.722. The third-order valence-corrected chi connectivity index (χ3v) is 5.82. The van der Waals surface area contributed by atoms with E-state index in [0.717, 1.165) is 40.2 Å². The van der Waals surface area contributed by atoms with E-state index in [1.807, 2.05) is 35.4 Å². The van der Waals surface area contributed by atoms with Gasteiger partial charge in [-0.05, 0) is 50.6 Å². The molecule has 1 aliphatic heterocycles. The van der Waals surface area contributed by atoms with E-state index in [2.05, 4.69) is 40.9 Å². The van der Waals surface area contributed by atoms with Crippen molar-refractivity contribution in [3.8, 4) is 0 Å². The molecule has 0 spiro atoms. The minimum Gasteiger partial charge on any atom is -0.330 e. The molecule has 0 saturated carbocycles. The number of amides is 1. The maximum atomic E-state index is 13.1. The number of hydrogen-bond donors (Lipinski definition) is 0. The Labute approximate surface area is 151 Å². The van der Waals surface area contributed by atoms with Crippen molar-refractivity contribution in [3.05, 3.63) is 53.2 Å². The van der Waals surface area contributed by atoms with Crippen LogP contribution in [0.2, 0.25) is 0 Å². The monoisotopic (exact) mass is 354 g/mol. The topological polar surface area (TPSA) is 41.4 Å². The van der Waals surface area contributed by atoms with Crippen molar-refractivity contribution in [2.45, 2.75) is 19.0 Å². The minimum atomic E-state index is 0.128. The van der Waals surface area contributed by atoms with E-state index < -0.39 is 0 Å². The highest BCUT2D eigenvalue weighted by atomic mass is 32.1. The number of thiophene rings is 1. The molecule has 1 amide bonds. The highest BCUT2D eigenvalue weighted by Gasteiger charge is 2.29. The summed E-state index contributed by atoms with van der Waals surface area (Å²) in [7, 11) is 4.15. The zero-order valence-electron chi connectivity index (χ0n) is 14.6. The van der Waals surface area contributed by atoms with Crippen LogP contribution in [0.5, 0.6) is 0 Å². The van der Waals surface area contributed by atoms with E-state index in [9.17, 15) is 4.79 Å². The summed E-state index contributed by atoms with van der Waals surface area (Å²) in [6.45, 7) is 2.33. The Morgan fingerprint density at radius 1 is 1.32 bits per heavy atom. The Kier molecular flexibility index (Phi) is 4.31. The lowest BCUT2D eigenvalue weighted by atomic mass is 10.1. The number of rotatable bonds is 4. The summed E-state index contributed by atoms with van der Waals surface area (Å²) >= 11 is 1.58. The third kappa shape index (κ3) is 3.19. The van der Waals surface area contributed by atoms with Crippen molar-refractivity contribution in [2.24, 2.45) is 0 Å². The van der Waals surface area contributed by atoms with Crippen LogP contribution >= 0.6 is 11.3 Å². The molecule has 0 bridgehead atoms. The Morgan fingerprint density at radius 3 is 2.96 bits per heavy atom. The van der Waals surface area contributed by atoms with Crippen molar-refractivity contribution < 1.29 is 4.79 Å². The summed E-state index contributed by atoms with van der Waals surface area (Å²) in [5, 5.41) is 5.62. The van der Waals surface area contributed by atoms with Gasteiger partial charge >= 0.3 is 0 Å². The zero-order valence-corrected chi connectivity index (χ0v) is 15.4. The summed E-state index contributed by atoms with van der Waals surface area (Å²) in [6.07, 6.45) is 2.82. The molecule has 5 nitrogen and oxygen atoms in total. The van der Waals surface area contributed by atoms with Crippen LogP contribution < -0.4 is 0 Å². The Balaban J connectivity index is 1.58. The van der Waals surface area contributed by atoms with Crippen molar-refractivity contribution >= 4 is 27.3 Å². The first kappa shape index (κ1) is 16.3. The summed E-state index contributed by atoms with van der Waals surface area (Å²) in [5.41, 5.74) is 1.12. The highest BCUT2D eigenvalue weighted by molar-refractivity contribution is 7.20. The molecule has 3 aromatic rings. The molecule has 1 atom stereocenters. The molecule has 6 heteroatoms. The van der Waals surface area contributed by atoms with Crippen LogP contribution in [0.1, 0.15) is 27.8 Å². The van der Waals surface area contributed by atoms with Gasteiger partial charge in [0.1, 0.15) is 0 Å². The fourth-order valence-electron chi connectivity index (χ4n) is 3.41. The van der Waals surface area contributed by atoms with E-state index in [1.54, 1.807) is 11.3 Å². The van der Waals surface area contributed by atoms with Crippen molar-refractivity contribution in [2.75, 3.05) is 27.2 Å². The lowest BCUT2D eigenvalue weighted by molar-refractivity contribution is 0.0665. The SMILES string of the molecule is CN(C)CCC1CN(C(=O)c2cc3ccccc3s2)Cc2ccnn21. The van der Waals surface area contributed by atoms with Gasteiger partial charge in [0.25, 0.3) is 5.91 Å². The largest absolute Gasteiger partial charge is 0.330 e. The predicted octanol–water partition coefficient (Wildman–Crippen LogP) is 3.25. The van der Waals surface area contributed by atoms with Crippen molar-refractivity contribution in [1.82, 2.24) is 19.6 Å². The van der Waals surface area contributed by atoms with Crippen LogP contribution in [-0.2, 0) is 6.54 Å². The van der Waals surface area contributed by atoms with E-state index in [4.69, 9.17) is 0 Å². The van der Waals surface area contributed by atoms with Gasteiger partial charge in [-0.2, -0.15) is 5.10 Å². The minimum absolute atomic E-state index is 0.128. The fourth-order valence-corrected chi connectivity index (χ4v) is 4.44. The van der Waals surface area contributed by atoms with Gasteiger partial charge in [-0.3, -0.25) is 9.48 Å². The van der Waals surface area contributed by atoms with Crippen molar-refractivity contribution in [1.29, 1.82) is 0 Å². The van der Waals surface area contributed by atoms with Gasteiger partial charge in [0, 0.05) is 17.4 Å². The van der Waals surface area contributed by atoms with Crippen LogP contribution in [-0.4, -0.2) is 52.7 Å². The third-order valence-electron chi connectivity index (χ3n) is 4.72. The number of fused-ring (bicyclic) bond motifs is 2. The normalized spacial score (nSPS) is 17.2. The van der Waals surface area contributed by atoms with Gasteiger partial charge < -0.3 is 9.80 Å². The first-order valence-electron chi connectivity index (χ1n) is 8.57. The van der Waals surface area contributed by atoms with E-state index in [0.29, 0.717) is 6.54 Å². The number of benzene rings is 1. The molecule has 0 aliphatic carbocycles. The van der Waals surface area contributed by atoms with E-state index in [-0.39, 0.29) is 11.9 Å². The zero-order chi connectivity index (χ0) is 17.4. The molecule has 0 radical (unpaired) electrons. The molecule has 0 N–H and O–H groups in total. The van der Waals surface area contributed by atoms with Crippen LogP contribution in [0.25, 0.3) is 10.1 Å². The maximum Gasteiger partial charge on any atom is 0.264 e. The summed E-state index contributed by atoms with van der Waals surface area (Å²) in [4.78, 5) is 18.1. The molecule has 2 aromatic heterocycles. The van der Waals surface area contributed by atoms with Gasteiger partial charge in [-0.25, -0.2) is 0 Å². The smallest absolute Gasteiger partial charge is 0.264 e. The summed E-state index contributed by atoms with van der Waals surface area (Å²) < 4.78 is 3.26. The van der Waals surface area contributed by atoms with Crippen LogP contribution in [0.4, 0.5) is 0 Å². The summed E-state index contributed by atoms with van der Waals surface area (Å²) in [6, 6.07) is 12.4. The molecule has 1 unspecified atom stereocenters. The second-order valence-electron chi connectivity index (χ2n) is 6.85. The number of nitrogens with zero attached hydrogens (tertiary/aromatic N) is 4. The first-order valence-corrected chi connectivity index (χ1v) is 9.38. The van der Waals surface area contributed by atoms with Crippen molar-refractivity contribution in [3.63, 3.8) is 0 Å². The van der Waals surface area contributed by atoms with Gasteiger partial charge in [-0.1, -0.05) is 18.2 Å². The molecule has 25 heavy (non-hydrogen) atoms. The molecule has 4 rings (SSSR count). The fraction of sp³-hybridized carbons (Fsp3) is 0.368. The van der Waals surface area contributed by atoms with Gasteiger partial charge in [0.2, 0.25) is 0 Å². The van der Waals surface area contributed by atoms with Gasteiger partial charge in [-0.15, -0.1) is 11.3 Å². The molecule has 1 aromatic carbocycles. The standard InChI is InChI=1S/C19H22N4OS/c1-21(2)10-8-16-13-22(12-15-7-9-20-23(15)16)19(24)18-11-14-5-3-4-6-17(14)25-18/h3-7,9,11,16H,8,10,12-13H2,1-2H3. The molecule has 3 heterocycles. The number of carbonyl (C=O) groups excluding carboxylic acids is 1. The molecular weight excluding hydrogens is 332 g/mol. The molecule has 130 valence electrons. The number of carbonyl (C=O) groups is 1. The number of hydrogen-bond acceptors (Lipinski definition) is 4. The molecule has 0 saturated heterocycles. The second-order valence-corrected chi connectivity index (χ2v) is 7.93. The van der Waals surface area contributed by atoms with E-state index in [1.165, 1.54) is 0 Å². The Hall–Kier alpha value is -2.18. The second kappa shape index (κ2) is 6.61. The molecule has 0 fully saturated rings. The molecule has 1 aliphatic rings. The highest BCUT2D eigenvalue weighted by Crippen LogP contribution is 2.29. The van der Waals surface area contributed by atoms with E-state index >= 15 is 0 Å². The Morgan fingerprint density at radius 2 is 2.16 bits per heavy atom. The first-order chi connectivity index (χ1) is 12.1. The maximum absolute atomic E-state index is 13.1. The average molecular weight is 354 g/mol. The molecular formula is C19H22N4OS. The number of aromatic nitrogens is 2. The Bertz CT molecular complexity index is 865. The van der Waals surface area contributed by atoms with Gasteiger partial charge in [0.15, 0.2) is 0 Å². The summed E-state index contributed by atoms with van der Waals surface area (Å²) in [5.74, 6) is 0.128. The van der Waals surface area contributed by atoms with Crippen LogP contribution in [0, 0.1) is 0 Å². The average Bonchev–Trinajstić information content (AvgIpc) is 3.25. The predicted molar refractivity (Wildman–Crippen MR) is 101 cm³/mol. The van der Waals surface area contributed by atoms with Crippen LogP contribution in [0.15, 0.2) is 42.6 Å². The van der Waals surface area contributed by atoms with Gasteiger partial charge in [0.05, 0.1) is 23.2 Å². The lowest BCUT2D eigenvalue weighted by Crippen LogP contribution is -2.41.